The van der Waals surface area contributed by atoms with Crippen LogP contribution in [0.1, 0.15) is 31.2 Å². The van der Waals surface area contributed by atoms with Crippen molar-refractivity contribution in [3.8, 4) is 28.6 Å². The summed E-state index contributed by atoms with van der Waals surface area (Å²) in [5, 5.41) is 4.14. The minimum absolute atomic E-state index is 0.182. The molecule has 24 heavy (non-hydrogen) atoms. The lowest BCUT2D eigenvalue weighted by atomic mass is 10.0. The minimum atomic E-state index is 0.182. The first kappa shape index (κ1) is 16.6. The maximum Gasteiger partial charge on any atom is 0.244 e. The van der Waals surface area contributed by atoms with Gasteiger partial charge < -0.3 is 18.7 Å². The van der Waals surface area contributed by atoms with Gasteiger partial charge in [0.2, 0.25) is 17.5 Å². The average molecular weight is 333 g/mol. The van der Waals surface area contributed by atoms with E-state index < -0.39 is 0 Å². The molecule has 1 aromatic carbocycles. The predicted octanol–water partition coefficient (Wildman–Crippen LogP) is 2.92. The number of aromatic nitrogens is 2. The van der Waals surface area contributed by atoms with Gasteiger partial charge in [-0.15, -0.1) is 0 Å². The quantitative estimate of drug-likeness (QED) is 0.833. The molecular formula is C17H23N3O4. The third-order valence-electron chi connectivity index (χ3n) is 4.42. The molecule has 0 radical (unpaired) electrons. The molecule has 7 heteroatoms. The molecule has 1 atom stereocenters. The van der Waals surface area contributed by atoms with E-state index in [1.54, 1.807) is 21.3 Å². The standard InChI is InChI=1S/C17H23N3O4/c1-20-8-6-5-7-12(20)17-18-16(19-24-17)11-9-13(21-2)15(23-4)14(10-11)22-3/h9-10,12H,5-8H2,1-4H3. The summed E-state index contributed by atoms with van der Waals surface area (Å²) in [4.78, 5) is 6.85. The van der Waals surface area contributed by atoms with Crippen molar-refractivity contribution >= 4 is 0 Å². The van der Waals surface area contributed by atoms with Gasteiger partial charge in [-0.05, 0) is 38.6 Å². The van der Waals surface area contributed by atoms with E-state index in [0.717, 1.165) is 18.5 Å². The Balaban J connectivity index is 1.95. The second-order valence-electron chi connectivity index (χ2n) is 5.86. The molecule has 1 aliphatic rings. The molecule has 1 aliphatic heterocycles. The van der Waals surface area contributed by atoms with Crippen molar-refractivity contribution in [2.45, 2.75) is 25.3 Å². The smallest absolute Gasteiger partial charge is 0.244 e. The highest BCUT2D eigenvalue weighted by molar-refractivity contribution is 5.66. The molecule has 2 aromatic rings. The van der Waals surface area contributed by atoms with Crippen LogP contribution in [0.4, 0.5) is 0 Å². The van der Waals surface area contributed by atoms with E-state index in [2.05, 4.69) is 22.1 Å². The zero-order chi connectivity index (χ0) is 17.1. The van der Waals surface area contributed by atoms with Crippen LogP contribution < -0.4 is 14.2 Å². The summed E-state index contributed by atoms with van der Waals surface area (Å²) in [7, 11) is 6.83. The van der Waals surface area contributed by atoms with Crippen LogP contribution in [0.2, 0.25) is 0 Å². The number of likely N-dealkylation sites (tertiary alicyclic amines) is 1. The van der Waals surface area contributed by atoms with Crippen molar-refractivity contribution in [1.29, 1.82) is 0 Å². The minimum Gasteiger partial charge on any atom is -0.493 e. The van der Waals surface area contributed by atoms with Gasteiger partial charge in [0.1, 0.15) is 0 Å². The molecule has 0 amide bonds. The Bertz CT molecular complexity index is 676. The van der Waals surface area contributed by atoms with E-state index in [9.17, 15) is 0 Å². The third kappa shape index (κ3) is 3.03. The summed E-state index contributed by atoms with van der Waals surface area (Å²) in [6.45, 7) is 1.05. The fraction of sp³-hybridized carbons (Fsp3) is 0.529. The van der Waals surface area contributed by atoms with Gasteiger partial charge in [-0.2, -0.15) is 4.98 Å². The molecule has 130 valence electrons. The molecule has 0 saturated carbocycles. The topological polar surface area (TPSA) is 69.9 Å². The molecule has 1 fully saturated rings. The summed E-state index contributed by atoms with van der Waals surface area (Å²) in [5.74, 6) is 2.84. The van der Waals surface area contributed by atoms with Crippen LogP contribution >= 0.6 is 0 Å². The number of methoxy groups -OCH3 is 3. The van der Waals surface area contributed by atoms with Crippen LogP contribution in [0, 0.1) is 0 Å². The molecule has 0 aliphatic carbocycles. The van der Waals surface area contributed by atoms with E-state index in [1.807, 2.05) is 12.1 Å². The maximum absolute atomic E-state index is 5.52. The van der Waals surface area contributed by atoms with Gasteiger partial charge in [-0.25, -0.2) is 0 Å². The van der Waals surface area contributed by atoms with Crippen LogP contribution in [0.15, 0.2) is 16.7 Å². The van der Waals surface area contributed by atoms with Gasteiger partial charge in [0.15, 0.2) is 11.5 Å². The molecule has 0 bridgehead atoms. The Morgan fingerprint density at radius 2 is 1.79 bits per heavy atom. The zero-order valence-electron chi connectivity index (χ0n) is 14.5. The Kier molecular flexibility index (Phi) is 4.89. The van der Waals surface area contributed by atoms with Gasteiger partial charge >= 0.3 is 0 Å². The van der Waals surface area contributed by atoms with E-state index in [0.29, 0.717) is 29.0 Å². The Morgan fingerprint density at radius 3 is 2.38 bits per heavy atom. The fourth-order valence-electron chi connectivity index (χ4n) is 3.09. The van der Waals surface area contributed by atoms with Crippen LogP contribution in [-0.4, -0.2) is 50.0 Å². The van der Waals surface area contributed by atoms with Crippen molar-refractivity contribution in [3.05, 3.63) is 18.0 Å². The van der Waals surface area contributed by atoms with Gasteiger partial charge in [0, 0.05) is 5.56 Å². The number of hydrogen-bond donors (Lipinski definition) is 0. The summed E-state index contributed by atoms with van der Waals surface area (Å²) in [6, 6.07) is 3.82. The highest BCUT2D eigenvalue weighted by Crippen LogP contribution is 2.41. The Morgan fingerprint density at radius 1 is 1.08 bits per heavy atom. The maximum atomic E-state index is 5.52. The van der Waals surface area contributed by atoms with E-state index in [4.69, 9.17) is 18.7 Å². The van der Waals surface area contributed by atoms with Crippen molar-refractivity contribution in [1.82, 2.24) is 15.0 Å². The largest absolute Gasteiger partial charge is 0.493 e. The number of ether oxygens (including phenoxy) is 3. The molecule has 0 spiro atoms. The Hall–Kier alpha value is -2.28. The van der Waals surface area contributed by atoms with E-state index in [1.165, 1.54) is 12.8 Å². The van der Waals surface area contributed by atoms with Crippen molar-refractivity contribution in [2.24, 2.45) is 0 Å². The van der Waals surface area contributed by atoms with E-state index in [-0.39, 0.29) is 6.04 Å². The number of benzene rings is 1. The number of piperidine rings is 1. The molecular weight excluding hydrogens is 310 g/mol. The molecule has 1 saturated heterocycles. The lowest BCUT2D eigenvalue weighted by Crippen LogP contribution is -2.29. The van der Waals surface area contributed by atoms with Gasteiger partial charge in [-0.1, -0.05) is 11.6 Å². The summed E-state index contributed by atoms with van der Waals surface area (Å²) >= 11 is 0. The molecule has 3 rings (SSSR count). The van der Waals surface area contributed by atoms with Crippen molar-refractivity contribution < 1.29 is 18.7 Å². The van der Waals surface area contributed by atoms with Crippen LogP contribution in [0.25, 0.3) is 11.4 Å². The second kappa shape index (κ2) is 7.09. The second-order valence-corrected chi connectivity index (χ2v) is 5.86. The summed E-state index contributed by atoms with van der Waals surface area (Å²) < 4.78 is 21.6. The Labute approximate surface area is 141 Å². The molecule has 1 unspecified atom stereocenters. The van der Waals surface area contributed by atoms with Gasteiger partial charge in [-0.3, -0.25) is 4.90 Å². The first-order valence-electron chi connectivity index (χ1n) is 8.02. The van der Waals surface area contributed by atoms with Gasteiger partial charge in [0.25, 0.3) is 0 Å². The van der Waals surface area contributed by atoms with Crippen LogP contribution in [-0.2, 0) is 0 Å². The van der Waals surface area contributed by atoms with Gasteiger partial charge in [0.05, 0.1) is 27.4 Å². The lowest BCUT2D eigenvalue weighted by molar-refractivity contribution is 0.150. The number of rotatable bonds is 5. The third-order valence-corrected chi connectivity index (χ3v) is 4.42. The molecule has 0 N–H and O–H groups in total. The summed E-state index contributed by atoms with van der Waals surface area (Å²) in [6.07, 6.45) is 3.42. The molecule has 2 heterocycles. The first-order valence-corrected chi connectivity index (χ1v) is 8.02. The molecule has 1 aromatic heterocycles. The summed E-state index contributed by atoms with van der Waals surface area (Å²) in [5.41, 5.74) is 0.762. The highest BCUT2D eigenvalue weighted by Gasteiger charge is 2.26. The monoisotopic (exact) mass is 333 g/mol. The predicted molar refractivity (Wildman–Crippen MR) is 88.6 cm³/mol. The number of hydrogen-bond acceptors (Lipinski definition) is 7. The SMILES string of the molecule is COc1cc(-c2noc(C3CCCCN3C)n2)cc(OC)c1OC. The average Bonchev–Trinajstić information content (AvgIpc) is 3.10. The lowest BCUT2D eigenvalue weighted by Gasteiger charge is -2.29. The van der Waals surface area contributed by atoms with Crippen LogP contribution in [0.5, 0.6) is 17.2 Å². The highest BCUT2D eigenvalue weighted by atomic mass is 16.5. The van der Waals surface area contributed by atoms with Crippen molar-refractivity contribution in [2.75, 3.05) is 34.9 Å². The first-order chi connectivity index (χ1) is 11.7. The normalized spacial score (nSPS) is 18.4. The van der Waals surface area contributed by atoms with E-state index >= 15 is 0 Å². The fourth-order valence-corrected chi connectivity index (χ4v) is 3.09. The zero-order valence-corrected chi connectivity index (χ0v) is 14.5. The number of nitrogens with zero attached hydrogens (tertiary/aromatic N) is 3. The van der Waals surface area contributed by atoms with Crippen molar-refractivity contribution in [3.63, 3.8) is 0 Å². The van der Waals surface area contributed by atoms with Crippen LogP contribution in [0.3, 0.4) is 0 Å². The molecule has 7 nitrogen and oxygen atoms in total.